The highest BCUT2D eigenvalue weighted by Crippen LogP contribution is 2.24. The lowest BCUT2D eigenvalue weighted by atomic mass is 10.2. The van der Waals surface area contributed by atoms with E-state index in [1.54, 1.807) is 0 Å². The largest absolute Gasteiger partial charge is 0.396 e. The van der Waals surface area contributed by atoms with Gasteiger partial charge in [0.05, 0.1) is 16.3 Å². The SMILES string of the molecule is Nc1ccc(S(=O)(=O)Cc2ccc(F)cc2Cl)cc1F. The fraction of sp³-hybridized carbons (Fsp3) is 0.0769. The summed E-state index contributed by atoms with van der Waals surface area (Å²) in [5.74, 6) is -1.82. The van der Waals surface area contributed by atoms with Gasteiger partial charge in [0.15, 0.2) is 9.84 Å². The number of sulfone groups is 1. The van der Waals surface area contributed by atoms with Gasteiger partial charge in [0.2, 0.25) is 0 Å². The third-order valence-electron chi connectivity index (χ3n) is 2.69. The maximum absolute atomic E-state index is 13.3. The predicted molar refractivity (Wildman–Crippen MR) is 73.1 cm³/mol. The molecule has 2 N–H and O–H groups in total. The standard InChI is InChI=1S/C13H10ClF2NO2S/c14-11-5-9(15)2-1-8(11)7-20(18,19)10-3-4-13(17)12(16)6-10/h1-6H,7,17H2. The van der Waals surface area contributed by atoms with E-state index in [0.29, 0.717) is 0 Å². The van der Waals surface area contributed by atoms with Crippen LogP contribution in [0.1, 0.15) is 5.56 Å². The van der Waals surface area contributed by atoms with Crippen molar-refractivity contribution in [2.45, 2.75) is 10.6 Å². The van der Waals surface area contributed by atoms with E-state index in [-0.39, 0.29) is 21.2 Å². The summed E-state index contributed by atoms with van der Waals surface area (Å²) >= 11 is 5.78. The molecule has 3 nitrogen and oxygen atoms in total. The van der Waals surface area contributed by atoms with Crippen LogP contribution in [-0.2, 0) is 15.6 Å². The van der Waals surface area contributed by atoms with E-state index < -0.39 is 27.2 Å². The van der Waals surface area contributed by atoms with Crippen LogP contribution in [0.5, 0.6) is 0 Å². The zero-order chi connectivity index (χ0) is 14.9. The summed E-state index contributed by atoms with van der Waals surface area (Å²) in [6.45, 7) is 0. The molecular weight excluding hydrogens is 308 g/mol. The summed E-state index contributed by atoms with van der Waals surface area (Å²) in [7, 11) is -3.79. The topological polar surface area (TPSA) is 60.2 Å². The van der Waals surface area contributed by atoms with Crippen molar-refractivity contribution in [2.75, 3.05) is 5.73 Å². The number of hydrogen-bond acceptors (Lipinski definition) is 3. The molecule has 2 rings (SSSR count). The molecule has 2 aromatic rings. The van der Waals surface area contributed by atoms with Gasteiger partial charge in [-0.2, -0.15) is 0 Å². The molecule has 0 fully saturated rings. The van der Waals surface area contributed by atoms with Gasteiger partial charge in [0.25, 0.3) is 0 Å². The van der Waals surface area contributed by atoms with Crippen molar-refractivity contribution in [3.63, 3.8) is 0 Å². The third-order valence-corrected chi connectivity index (χ3v) is 4.71. The van der Waals surface area contributed by atoms with Gasteiger partial charge in [-0.3, -0.25) is 0 Å². The van der Waals surface area contributed by atoms with Crippen molar-refractivity contribution in [2.24, 2.45) is 0 Å². The number of halogens is 3. The minimum absolute atomic E-state index is 0.00416. The molecule has 2 aromatic carbocycles. The van der Waals surface area contributed by atoms with E-state index in [9.17, 15) is 17.2 Å². The summed E-state index contributed by atoms with van der Waals surface area (Å²) < 4.78 is 50.5. The Labute approximate surface area is 119 Å². The van der Waals surface area contributed by atoms with E-state index in [2.05, 4.69) is 0 Å². The smallest absolute Gasteiger partial charge is 0.182 e. The van der Waals surface area contributed by atoms with Gasteiger partial charge in [-0.25, -0.2) is 17.2 Å². The lowest BCUT2D eigenvalue weighted by molar-refractivity contribution is 0.590. The number of benzene rings is 2. The lowest BCUT2D eigenvalue weighted by Crippen LogP contribution is -2.06. The van der Waals surface area contributed by atoms with Gasteiger partial charge in [0.1, 0.15) is 11.6 Å². The van der Waals surface area contributed by atoms with Crippen LogP contribution in [0.2, 0.25) is 5.02 Å². The predicted octanol–water partition coefficient (Wildman–Crippen LogP) is 3.17. The van der Waals surface area contributed by atoms with E-state index in [4.69, 9.17) is 17.3 Å². The number of rotatable bonds is 3. The molecule has 0 spiro atoms. The average molecular weight is 318 g/mol. The summed E-state index contributed by atoms with van der Waals surface area (Å²) in [4.78, 5) is -0.204. The third kappa shape index (κ3) is 3.08. The number of anilines is 1. The lowest BCUT2D eigenvalue weighted by Gasteiger charge is -2.07. The summed E-state index contributed by atoms with van der Waals surface area (Å²) in [5.41, 5.74) is 5.40. The molecular formula is C13H10ClF2NO2S. The van der Waals surface area contributed by atoms with Crippen LogP contribution in [0.15, 0.2) is 41.3 Å². The Morgan fingerprint density at radius 1 is 1.10 bits per heavy atom. The van der Waals surface area contributed by atoms with Crippen LogP contribution in [0, 0.1) is 11.6 Å². The molecule has 20 heavy (non-hydrogen) atoms. The molecule has 0 heterocycles. The number of nitrogens with two attached hydrogens (primary N) is 1. The van der Waals surface area contributed by atoms with E-state index in [0.717, 1.165) is 18.2 Å². The Morgan fingerprint density at radius 3 is 2.40 bits per heavy atom. The molecule has 0 aliphatic rings. The summed E-state index contributed by atoms with van der Waals surface area (Å²) in [6, 6.07) is 6.65. The van der Waals surface area contributed by atoms with Crippen molar-refractivity contribution in [3.05, 3.63) is 58.6 Å². The van der Waals surface area contributed by atoms with E-state index >= 15 is 0 Å². The molecule has 106 valence electrons. The van der Waals surface area contributed by atoms with Gasteiger partial charge < -0.3 is 5.73 Å². The van der Waals surface area contributed by atoms with Gasteiger partial charge in [-0.05, 0) is 35.9 Å². The molecule has 0 saturated carbocycles. The molecule has 0 unspecified atom stereocenters. The average Bonchev–Trinajstić information content (AvgIpc) is 2.36. The molecule has 0 radical (unpaired) electrons. The monoisotopic (exact) mass is 317 g/mol. The molecule has 0 amide bonds. The molecule has 0 bridgehead atoms. The van der Waals surface area contributed by atoms with Gasteiger partial charge in [-0.15, -0.1) is 0 Å². The van der Waals surface area contributed by atoms with E-state index in [1.807, 2.05) is 0 Å². The van der Waals surface area contributed by atoms with Crippen LogP contribution in [0.25, 0.3) is 0 Å². The first kappa shape index (κ1) is 14.7. The first-order chi connectivity index (χ1) is 9.29. The van der Waals surface area contributed by atoms with Crippen LogP contribution in [0.4, 0.5) is 14.5 Å². The van der Waals surface area contributed by atoms with Crippen LogP contribution in [0.3, 0.4) is 0 Å². The molecule has 7 heteroatoms. The highest BCUT2D eigenvalue weighted by atomic mass is 35.5. The Balaban J connectivity index is 2.38. The quantitative estimate of drug-likeness (QED) is 0.884. The number of nitrogen functional groups attached to an aromatic ring is 1. The molecule has 0 aliphatic heterocycles. The van der Waals surface area contributed by atoms with E-state index in [1.165, 1.54) is 18.2 Å². The van der Waals surface area contributed by atoms with Crippen molar-refractivity contribution in [3.8, 4) is 0 Å². The second-order valence-electron chi connectivity index (χ2n) is 4.18. The first-order valence-electron chi connectivity index (χ1n) is 5.51. The second-order valence-corrected chi connectivity index (χ2v) is 6.57. The van der Waals surface area contributed by atoms with Crippen LogP contribution in [-0.4, -0.2) is 8.42 Å². The maximum Gasteiger partial charge on any atom is 0.182 e. The van der Waals surface area contributed by atoms with Gasteiger partial charge >= 0.3 is 0 Å². The molecule has 0 saturated heterocycles. The maximum atomic E-state index is 13.3. The van der Waals surface area contributed by atoms with Crippen molar-refractivity contribution in [1.29, 1.82) is 0 Å². The Morgan fingerprint density at radius 2 is 1.80 bits per heavy atom. The summed E-state index contributed by atoms with van der Waals surface area (Å²) in [6.07, 6.45) is 0. The van der Waals surface area contributed by atoms with Crippen LogP contribution < -0.4 is 5.73 Å². The molecule has 0 aliphatic carbocycles. The fourth-order valence-electron chi connectivity index (χ4n) is 1.63. The molecule has 0 atom stereocenters. The fourth-order valence-corrected chi connectivity index (χ4v) is 3.33. The Hall–Kier alpha value is -1.66. The highest BCUT2D eigenvalue weighted by molar-refractivity contribution is 7.90. The highest BCUT2D eigenvalue weighted by Gasteiger charge is 2.18. The first-order valence-corrected chi connectivity index (χ1v) is 7.54. The normalized spacial score (nSPS) is 11.6. The Kier molecular flexibility index (Phi) is 3.96. The minimum atomic E-state index is -3.79. The zero-order valence-corrected chi connectivity index (χ0v) is 11.7. The van der Waals surface area contributed by atoms with Crippen LogP contribution >= 0.6 is 11.6 Å². The van der Waals surface area contributed by atoms with Crippen molar-refractivity contribution >= 4 is 27.1 Å². The number of hydrogen-bond donors (Lipinski definition) is 1. The zero-order valence-electron chi connectivity index (χ0n) is 10.1. The minimum Gasteiger partial charge on any atom is -0.396 e. The van der Waals surface area contributed by atoms with Gasteiger partial charge in [-0.1, -0.05) is 17.7 Å². The van der Waals surface area contributed by atoms with Gasteiger partial charge in [0, 0.05) is 5.02 Å². The summed E-state index contributed by atoms with van der Waals surface area (Å²) in [5, 5.41) is 0.00416. The van der Waals surface area contributed by atoms with Crippen molar-refractivity contribution in [1.82, 2.24) is 0 Å². The second kappa shape index (κ2) is 5.38. The van der Waals surface area contributed by atoms with Crippen molar-refractivity contribution < 1.29 is 17.2 Å². The Bertz CT molecular complexity index is 763. The molecule has 0 aromatic heterocycles.